The van der Waals surface area contributed by atoms with Gasteiger partial charge in [0.2, 0.25) is 0 Å². The number of rotatable bonds is 4. The Morgan fingerprint density at radius 1 is 1.37 bits per heavy atom. The number of aliphatic hydroxyl groups is 1. The number of carbonyl (C=O) groups excluding carboxylic acids is 1. The molecular weight excluding hydrogens is 344 g/mol. The van der Waals surface area contributed by atoms with Crippen molar-refractivity contribution in [2.24, 2.45) is 18.2 Å². The number of amides is 1. The van der Waals surface area contributed by atoms with Gasteiger partial charge in [0.25, 0.3) is 5.91 Å². The Balaban J connectivity index is 1.84. The molecular formula is C19H24N6O2. The molecule has 4 rings (SSSR count). The molecule has 1 fully saturated rings. The average Bonchev–Trinajstić information content (AvgIpc) is 3.28. The predicted molar refractivity (Wildman–Crippen MR) is 102 cm³/mol. The predicted octanol–water partition coefficient (Wildman–Crippen LogP) is 1.80. The Morgan fingerprint density at radius 3 is 2.74 bits per heavy atom. The van der Waals surface area contributed by atoms with E-state index in [9.17, 15) is 9.90 Å². The molecule has 0 unspecified atom stereocenters. The second kappa shape index (κ2) is 6.09. The molecule has 8 nitrogen and oxygen atoms in total. The Labute approximate surface area is 157 Å². The Hall–Kier alpha value is -2.87. The van der Waals surface area contributed by atoms with Crippen molar-refractivity contribution in [1.29, 1.82) is 0 Å². The molecule has 1 amide bonds. The van der Waals surface area contributed by atoms with Gasteiger partial charge in [-0.25, -0.2) is 4.52 Å². The van der Waals surface area contributed by atoms with Gasteiger partial charge in [-0.1, -0.05) is 13.8 Å². The van der Waals surface area contributed by atoms with Crippen LogP contribution in [-0.2, 0) is 7.05 Å². The van der Waals surface area contributed by atoms with Crippen LogP contribution >= 0.6 is 0 Å². The van der Waals surface area contributed by atoms with E-state index in [4.69, 9.17) is 5.73 Å². The van der Waals surface area contributed by atoms with Gasteiger partial charge in [-0.2, -0.15) is 10.2 Å². The van der Waals surface area contributed by atoms with Crippen molar-refractivity contribution in [2.75, 3.05) is 5.32 Å². The van der Waals surface area contributed by atoms with E-state index in [0.29, 0.717) is 11.3 Å². The molecule has 1 aliphatic rings. The molecule has 3 aromatic rings. The van der Waals surface area contributed by atoms with E-state index < -0.39 is 5.91 Å². The Bertz CT molecular complexity index is 1020. The van der Waals surface area contributed by atoms with E-state index in [1.165, 1.54) is 6.20 Å². The summed E-state index contributed by atoms with van der Waals surface area (Å²) in [4.78, 5) is 12.0. The number of primary amides is 1. The minimum absolute atomic E-state index is 0.0202. The lowest BCUT2D eigenvalue weighted by Crippen LogP contribution is -2.38. The summed E-state index contributed by atoms with van der Waals surface area (Å²) < 4.78 is 3.52. The molecule has 0 aliphatic heterocycles. The van der Waals surface area contributed by atoms with Crippen molar-refractivity contribution < 1.29 is 9.90 Å². The summed E-state index contributed by atoms with van der Waals surface area (Å²) in [6, 6.07) is 3.91. The second-order valence-corrected chi connectivity index (χ2v) is 7.81. The van der Waals surface area contributed by atoms with Crippen molar-refractivity contribution in [3.8, 4) is 11.3 Å². The van der Waals surface area contributed by atoms with Gasteiger partial charge in [0, 0.05) is 36.5 Å². The first-order chi connectivity index (χ1) is 12.8. The number of anilines is 1. The molecule has 0 bridgehead atoms. The number of aryl methyl sites for hydroxylation is 1. The number of fused-ring (bicyclic) bond motifs is 1. The van der Waals surface area contributed by atoms with Crippen molar-refractivity contribution >= 4 is 17.1 Å². The van der Waals surface area contributed by atoms with Crippen molar-refractivity contribution in [3.63, 3.8) is 0 Å². The quantitative estimate of drug-likeness (QED) is 0.650. The van der Waals surface area contributed by atoms with E-state index in [-0.39, 0.29) is 17.6 Å². The van der Waals surface area contributed by atoms with E-state index >= 15 is 0 Å². The molecule has 0 saturated heterocycles. The zero-order chi connectivity index (χ0) is 19.3. The molecule has 1 aliphatic carbocycles. The van der Waals surface area contributed by atoms with Crippen LogP contribution < -0.4 is 11.1 Å². The number of nitrogens with zero attached hydrogens (tertiary/aromatic N) is 4. The van der Waals surface area contributed by atoms with Crippen LogP contribution in [0.4, 0.5) is 5.69 Å². The van der Waals surface area contributed by atoms with Crippen molar-refractivity contribution in [3.05, 3.63) is 36.3 Å². The maximum Gasteiger partial charge on any atom is 0.252 e. The van der Waals surface area contributed by atoms with Crippen LogP contribution in [0.3, 0.4) is 0 Å². The van der Waals surface area contributed by atoms with E-state index in [0.717, 1.165) is 29.6 Å². The maximum atomic E-state index is 12.0. The van der Waals surface area contributed by atoms with Crippen LogP contribution in [-0.4, -0.2) is 42.6 Å². The van der Waals surface area contributed by atoms with E-state index in [1.807, 2.05) is 39.2 Å². The highest BCUT2D eigenvalue weighted by Gasteiger charge is 2.42. The van der Waals surface area contributed by atoms with Crippen LogP contribution in [0.15, 0.2) is 30.7 Å². The third kappa shape index (κ3) is 2.76. The highest BCUT2D eigenvalue weighted by atomic mass is 16.3. The fourth-order valence-corrected chi connectivity index (χ4v) is 3.93. The third-order valence-electron chi connectivity index (χ3n) is 5.82. The zero-order valence-electron chi connectivity index (χ0n) is 15.7. The van der Waals surface area contributed by atoms with Crippen LogP contribution in [0.2, 0.25) is 0 Å². The molecule has 27 heavy (non-hydrogen) atoms. The molecule has 3 heterocycles. The van der Waals surface area contributed by atoms with Crippen LogP contribution in [0.25, 0.3) is 16.8 Å². The minimum atomic E-state index is -0.535. The molecule has 2 atom stereocenters. The standard InChI is InChI=1S/C19H24N6O2/c1-19(2)15(4-5-16(19)26)23-17-12(18(20)27)9-22-25-10-11(8-14(17)25)13-6-7-21-24(13)3/h6-10,15-16,23,26H,4-5H2,1-3H3,(H2,20,27)/t15-,16+/m1/s1. The number of carbonyl (C=O) groups is 1. The fourth-order valence-electron chi connectivity index (χ4n) is 3.93. The molecule has 3 aromatic heterocycles. The average molecular weight is 368 g/mol. The molecule has 142 valence electrons. The molecule has 4 N–H and O–H groups in total. The number of nitrogens with one attached hydrogen (secondary N) is 1. The molecule has 8 heteroatoms. The van der Waals surface area contributed by atoms with Gasteiger partial charge in [0.05, 0.1) is 34.8 Å². The molecule has 1 saturated carbocycles. The van der Waals surface area contributed by atoms with Gasteiger partial charge in [-0.15, -0.1) is 0 Å². The number of hydrogen-bond acceptors (Lipinski definition) is 5. The van der Waals surface area contributed by atoms with Gasteiger partial charge in [-0.3, -0.25) is 9.48 Å². The van der Waals surface area contributed by atoms with Gasteiger partial charge in [0.1, 0.15) is 0 Å². The van der Waals surface area contributed by atoms with Crippen LogP contribution in [0, 0.1) is 5.41 Å². The highest BCUT2D eigenvalue weighted by Crippen LogP contribution is 2.40. The van der Waals surface area contributed by atoms with Crippen LogP contribution in [0.5, 0.6) is 0 Å². The topological polar surface area (TPSA) is 110 Å². The first kappa shape index (κ1) is 17.5. The monoisotopic (exact) mass is 368 g/mol. The summed E-state index contributed by atoms with van der Waals surface area (Å²) in [5.41, 5.74) is 8.94. The smallest absolute Gasteiger partial charge is 0.252 e. The third-order valence-corrected chi connectivity index (χ3v) is 5.82. The first-order valence-electron chi connectivity index (χ1n) is 9.03. The summed E-state index contributed by atoms with van der Waals surface area (Å²) in [7, 11) is 1.88. The lowest BCUT2D eigenvalue weighted by molar-refractivity contribution is 0.0748. The van der Waals surface area contributed by atoms with E-state index in [1.54, 1.807) is 15.4 Å². The summed E-state index contributed by atoms with van der Waals surface area (Å²) in [6.45, 7) is 4.06. The van der Waals surface area contributed by atoms with Gasteiger partial charge in [-0.05, 0) is 25.0 Å². The normalized spacial score (nSPS) is 21.6. The number of aromatic nitrogens is 4. The van der Waals surface area contributed by atoms with E-state index in [2.05, 4.69) is 15.5 Å². The maximum absolute atomic E-state index is 12.0. The SMILES string of the molecule is Cn1nccc1-c1cc2c(N[C@@H]3CC[C@H](O)C3(C)C)c(C(N)=O)cnn2c1. The summed E-state index contributed by atoms with van der Waals surface area (Å²) in [5, 5.41) is 22.3. The van der Waals surface area contributed by atoms with Gasteiger partial charge in [0.15, 0.2) is 0 Å². The lowest BCUT2D eigenvalue weighted by Gasteiger charge is -2.32. The van der Waals surface area contributed by atoms with Crippen molar-refractivity contribution in [2.45, 2.75) is 38.8 Å². The molecule has 0 aromatic carbocycles. The van der Waals surface area contributed by atoms with Crippen molar-refractivity contribution in [1.82, 2.24) is 19.4 Å². The Kier molecular flexibility index (Phi) is 3.96. The largest absolute Gasteiger partial charge is 0.392 e. The first-order valence-corrected chi connectivity index (χ1v) is 9.03. The second-order valence-electron chi connectivity index (χ2n) is 7.81. The summed E-state index contributed by atoms with van der Waals surface area (Å²) in [5.74, 6) is -0.535. The summed E-state index contributed by atoms with van der Waals surface area (Å²) in [6.07, 6.45) is 6.28. The van der Waals surface area contributed by atoms with Gasteiger partial charge >= 0.3 is 0 Å². The van der Waals surface area contributed by atoms with Crippen LogP contribution in [0.1, 0.15) is 37.0 Å². The van der Waals surface area contributed by atoms with Gasteiger partial charge < -0.3 is 16.2 Å². The molecule has 0 spiro atoms. The summed E-state index contributed by atoms with van der Waals surface area (Å²) >= 11 is 0. The number of nitrogens with two attached hydrogens (primary N) is 1. The minimum Gasteiger partial charge on any atom is -0.392 e. The fraction of sp³-hybridized carbons (Fsp3) is 0.421. The zero-order valence-corrected chi connectivity index (χ0v) is 15.7. The highest BCUT2D eigenvalue weighted by molar-refractivity contribution is 6.02. The lowest BCUT2D eigenvalue weighted by atomic mass is 9.85. The molecule has 0 radical (unpaired) electrons. The number of aliphatic hydroxyl groups excluding tert-OH is 1. The number of hydrogen-bond donors (Lipinski definition) is 3. The Morgan fingerprint density at radius 2 is 2.15 bits per heavy atom.